The molecule has 2 aromatic heterocycles. The summed E-state index contributed by atoms with van der Waals surface area (Å²) in [5, 5.41) is 16.3. The maximum absolute atomic E-state index is 12.5. The zero-order valence-electron chi connectivity index (χ0n) is 15.7. The average Bonchev–Trinajstić information content (AvgIpc) is 3.46. The minimum atomic E-state index is -0.198. The first kappa shape index (κ1) is 18.0. The highest BCUT2D eigenvalue weighted by atomic mass is 16.1. The van der Waals surface area contributed by atoms with Crippen molar-refractivity contribution in [3.63, 3.8) is 0 Å². The largest absolute Gasteiger partial charge is 0.345 e. The third-order valence-corrected chi connectivity index (χ3v) is 4.74. The standard InChI is InChI=1S/C19H22N8O/c1-2-15-11-16(22-19(21-15)27-8-3-4-9-27)13-6-5-7-14(10-13)18(28)20-12-17-23-25-26-24-17/h5-7,10-11H,2-4,8-9,12H2,1H3,(H,20,28)(H,23,24,25,26). The molecule has 144 valence electrons. The molecular weight excluding hydrogens is 356 g/mol. The molecule has 4 rings (SSSR count). The SMILES string of the molecule is CCc1cc(-c2cccc(C(=O)NCc3nn[nH]n3)c2)nc(N2CCCC2)n1. The summed E-state index contributed by atoms with van der Waals surface area (Å²) in [7, 11) is 0. The van der Waals surface area contributed by atoms with Gasteiger partial charge < -0.3 is 10.2 Å². The Bertz CT molecular complexity index is 950. The van der Waals surface area contributed by atoms with Gasteiger partial charge >= 0.3 is 0 Å². The fourth-order valence-electron chi connectivity index (χ4n) is 3.21. The number of rotatable bonds is 6. The Hall–Kier alpha value is -3.36. The van der Waals surface area contributed by atoms with Crippen molar-refractivity contribution in [2.75, 3.05) is 18.0 Å². The van der Waals surface area contributed by atoms with Crippen molar-refractivity contribution in [3.8, 4) is 11.3 Å². The zero-order valence-corrected chi connectivity index (χ0v) is 15.7. The van der Waals surface area contributed by atoms with Crippen molar-refractivity contribution in [3.05, 3.63) is 47.4 Å². The van der Waals surface area contributed by atoms with Crippen LogP contribution in [0.15, 0.2) is 30.3 Å². The number of benzene rings is 1. The third-order valence-electron chi connectivity index (χ3n) is 4.74. The van der Waals surface area contributed by atoms with E-state index in [1.807, 2.05) is 24.3 Å². The molecule has 3 aromatic rings. The molecule has 0 radical (unpaired) electrons. The number of carbonyl (C=O) groups is 1. The molecule has 0 unspecified atom stereocenters. The van der Waals surface area contributed by atoms with E-state index in [9.17, 15) is 4.79 Å². The number of nitrogens with zero attached hydrogens (tertiary/aromatic N) is 6. The molecule has 1 saturated heterocycles. The predicted molar refractivity (Wildman–Crippen MR) is 104 cm³/mol. The van der Waals surface area contributed by atoms with E-state index in [0.29, 0.717) is 11.4 Å². The number of amides is 1. The number of nitrogens with one attached hydrogen (secondary N) is 2. The molecular formula is C19H22N8O. The minimum absolute atomic E-state index is 0.198. The van der Waals surface area contributed by atoms with Crippen molar-refractivity contribution >= 4 is 11.9 Å². The van der Waals surface area contributed by atoms with Gasteiger partial charge in [0.1, 0.15) is 0 Å². The number of aryl methyl sites for hydroxylation is 1. The quantitative estimate of drug-likeness (QED) is 0.672. The van der Waals surface area contributed by atoms with Crippen LogP contribution in [0.4, 0.5) is 5.95 Å². The van der Waals surface area contributed by atoms with E-state index in [4.69, 9.17) is 4.98 Å². The Labute approximate surface area is 162 Å². The van der Waals surface area contributed by atoms with Gasteiger partial charge in [-0.2, -0.15) is 5.21 Å². The zero-order chi connectivity index (χ0) is 19.3. The van der Waals surface area contributed by atoms with Crippen LogP contribution in [0.5, 0.6) is 0 Å². The number of aromatic nitrogens is 6. The Morgan fingerprint density at radius 2 is 2.07 bits per heavy atom. The van der Waals surface area contributed by atoms with Gasteiger partial charge in [0, 0.05) is 29.9 Å². The van der Waals surface area contributed by atoms with Crippen molar-refractivity contribution in [1.82, 2.24) is 35.9 Å². The second kappa shape index (κ2) is 8.12. The average molecular weight is 378 g/mol. The first-order valence-electron chi connectivity index (χ1n) is 9.47. The molecule has 9 nitrogen and oxygen atoms in total. The highest BCUT2D eigenvalue weighted by Gasteiger charge is 2.17. The maximum Gasteiger partial charge on any atom is 0.251 e. The maximum atomic E-state index is 12.5. The van der Waals surface area contributed by atoms with E-state index >= 15 is 0 Å². The second-order valence-electron chi connectivity index (χ2n) is 6.68. The van der Waals surface area contributed by atoms with E-state index < -0.39 is 0 Å². The van der Waals surface area contributed by atoms with E-state index in [1.165, 1.54) is 12.8 Å². The number of tetrazole rings is 1. The lowest BCUT2D eigenvalue weighted by atomic mass is 10.1. The first-order chi connectivity index (χ1) is 13.7. The molecule has 28 heavy (non-hydrogen) atoms. The molecule has 1 amide bonds. The second-order valence-corrected chi connectivity index (χ2v) is 6.68. The minimum Gasteiger partial charge on any atom is -0.345 e. The summed E-state index contributed by atoms with van der Waals surface area (Å²) in [5.41, 5.74) is 3.28. The van der Waals surface area contributed by atoms with Crippen LogP contribution in [0.2, 0.25) is 0 Å². The number of anilines is 1. The smallest absolute Gasteiger partial charge is 0.251 e. The van der Waals surface area contributed by atoms with Gasteiger partial charge in [0.2, 0.25) is 5.95 Å². The molecule has 9 heteroatoms. The monoisotopic (exact) mass is 378 g/mol. The van der Waals surface area contributed by atoms with Crippen LogP contribution in [-0.2, 0) is 13.0 Å². The topological polar surface area (TPSA) is 113 Å². The molecule has 2 N–H and O–H groups in total. The number of hydrogen-bond donors (Lipinski definition) is 2. The van der Waals surface area contributed by atoms with E-state index in [0.717, 1.165) is 42.4 Å². The lowest BCUT2D eigenvalue weighted by molar-refractivity contribution is 0.0950. The Morgan fingerprint density at radius 3 is 2.82 bits per heavy atom. The normalized spacial score (nSPS) is 13.7. The summed E-state index contributed by atoms with van der Waals surface area (Å²) in [4.78, 5) is 24.2. The Balaban J connectivity index is 1.58. The molecule has 0 spiro atoms. The molecule has 0 bridgehead atoms. The number of aromatic amines is 1. The van der Waals surface area contributed by atoms with Crippen molar-refractivity contribution in [1.29, 1.82) is 0 Å². The van der Waals surface area contributed by atoms with Crippen LogP contribution < -0.4 is 10.2 Å². The van der Waals surface area contributed by atoms with Crippen molar-refractivity contribution in [2.45, 2.75) is 32.7 Å². The fraction of sp³-hybridized carbons (Fsp3) is 0.368. The van der Waals surface area contributed by atoms with Crippen molar-refractivity contribution < 1.29 is 4.79 Å². The summed E-state index contributed by atoms with van der Waals surface area (Å²) in [6.07, 6.45) is 3.18. The third kappa shape index (κ3) is 3.98. The highest BCUT2D eigenvalue weighted by molar-refractivity contribution is 5.95. The van der Waals surface area contributed by atoms with Gasteiger partial charge in [-0.15, -0.1) is 10.2 Å². The van der Waals surface area contributed by atoms with Crippen LogP contribution >= 0.6 is 0 Å². The predicted octanol–water partition coefficient (Wildman–Crippen LogP) is 1.75. The van der Waals surface area contributed by atoms with Gasteiger partial charge in [-0.3, -0.25) is 4.79 Å². The lowest BCUT2D eigenvalue weighted by Gasteiger charge is -2.17. The van der Waals surface area contributed by atoms with Gasteiger partial charge in [0.25, 0.3) is 5.91 Å². The molecule has 3 heterocycles. The summed E-state index contributed by atoms with van der Waals surface area (Å²) < 4.78 is 0. The van der Waals surface area contributed by atoms with E-state index in [2.05, 4.69) is 42.7 Å². The number of H-pyrrole nitrogens is 1. The summed E-state index contributed by atoms with van der Waals surface area (Å²) in [6.45, 7) is 4.28. The van der Waals surface area contributed by atoms with Gasteiger partial charge in [-0.25, -0.2) is 9.97 Å². The van der Waals surface area contributed by atoms with Gasteiger partial charge in [0.15, 0.2) is 5.82 Å². The van der Waals surface area contributed by atoms with Gasteiger partial charge in [-0.05, 0) is 37.5 Å². The number of hydrogen-bond acceptors (Lipinski definition) is 7. The van der Waals surface area contributed by atoms with Crippen LogP contribution in [0.3, 0.4) is 0 Å². The van der Waals surface area contributed by atoms with Crippen LogP contribution in [0, 0.1) is 0 Å². The highest BCUT2D eigenvalue weighted by Crippen LogP contribution is 2.24. The first-order valence-corrected chi connectivity index (χ1v) is 9.47. The van der Waals surface area contributed by atoms with Crippen LogP contribution in [0.25, 0.3) is 11.3 Å². The molecule has 1 aliphatic heterocycles. The van der Waals surface area contributed by atoms with Crippen LogP contribution in [-0.4, -0.2) is 49.6 Å². The molecule has 0 aliphatic carbocycles. The lowest BCUT2D eigenvalue weighted by Crippen LogP contribution is -2.23. The Kier molecular flexibility index (Phi) is 5.22. The Morgan fingerprint density at radius 1 is 1.21 bits per heavy atom. The molecule has 1 aliphatic rings. The number of carbonyl (C=O) groups excluding carboxylic acids is 1. The van der Waals surface area contributed by atoms with Crippen LogP contribution in [0.1, 0.15) is 41.6 Å². The fourth-order valence-corrected chi connectivity index (χ4v) is 3.21. The molecule has 0 atom stereocenters. The molecule has 1 aromatic carbocycles. The summed E-state index contributed by atoms with van der Waals surface area (Å²) >= 11 is 0. The van der Waals surface area contributed by atoms with Gasteiger partial charge in [0.05, 0.1) is 12.2 Å². The van der Waals surface area contributed by atoms with Crippen molar-refractivity contribution in [2.24, 2.45) is 0 Å². The molecule has 0 saturated carbocycles. The molecule has 1 fully saturated rings. The van der Waals surface area contributed by atoms with Gasteiger partial charge in [-0.1, -0.05) is 24.3 Å². The van der Waals surface area contributed by atoms with E-state index in [-0.39, 0.29) is 12.5 Å². The summed E-state index contributed by atoms with van der Waals surface area (Å²) in [5.74, 6) is 1.01. The summed E-state index contributed by atoms with van der Waals surface area (Å²) in [6, 6.07) is 9.45. The van der Waals surface area contributed by atoms with E-state index in [1.54, 1.807) is 6.07 Å².